The molecule has 2 aliphatic rings. The van der Waals surface area contributed by atoms with Gasteiger partial charge in [-0.2, -0.15) is 4.31 Å². The van der Waals surface area contributed by atoms with Gasteiger partial charge in [-0.05, 0) is 50.6 Å². The minimum Gasteiger partial charge on any atom is -0.387 e. The molecule has 2 fully saturated rings. The number of likely N-dealkylation sites (tertiary alicyclic amines) is 1. The van der Waals surface area contributed by atoms with Crippen molar-refractivity contribution in [3.05, 3.63) is 29.8 Å². The second-order valence-corrected chi connectivity index (χ2v) is 8.31. The van der Waals surface area contributed by atoms with Crippen molar-refractivity contribution in [2.75, 3.05) is 32.7 Å². The van der Waals surface area contributed by atoms with Crippen molar-refractivity contribution in [3.8, 4) is 0 Å². The van der Waals surface area contributed by atoms with E-state index in [1.807, 2.05) is 0 Å². The highest BCUT2D eigenvalue weighted by molar-refractivity contribution is 7.89. The first-order valence-electron chi connectivity index (χ1n) is 7.70. The van der Waals surface area contributed by atoms with E-state index >= 15 is 0 Å². The average Bonchev–Trinajstić information content (AvgIpc) is 3.12. The summed E-state index contributed by atoms with van der Waals surface area (Å²) in [5.41, 5.74) is -1.09. The Morgan fingerprint density at radius 3 is 2.48 bits per heavy atom. The Labute approximate surface area is 134 Å². The third kappa shape index (κ3) is 3.40. The first-order valence-corrected chi connectivity index (χ1v) is 9.14. The van der Waals surface area contributed by atoms with E-state index < -0.39 is 27.3 Å². The summed E-state index contributed by atoms with van der Waals surface area (Å²) in [5, 5.41) is 10.6. The molecule has 128 valence electrons. The van der Waals surface area contributed by atoms with Gasteiger partial charge in [0.25, 0.3) is 0 Å². The van der Waals surface area contributed by atoms with E-state index in [1.165, 1.54) is 0 Å². The molecule has 2 saturated heterocycles. The zero-order valence-corrected chi connectivity index (χ0v) is 13.5. The smallest absolute Gasteiger partial charge is 0.243 e. The van der Waals surface area contributed by atoms with E-state index in [2.05, 4.69) is 4.90 Å². The van der Waals surface area contributed by atoms with Crippen LogP contribution in [-0.4, -0.2) is 61.1 Å². The number of nitrogens with zero attached hydrogens (tertiary/aromatic N) is 2. The van der Waals surface area contributed by atoms with Crippen molar-refractivity contribution in [2.45, 2.75) is 29.8 Å². The maximum Gasteiger partial charge on any atom is 0.243 e. The number of halogens is 2. The van der Waals surface area contributed by atoms with E-state index in [9.17, 15) is 22.3 Å². The summed E-state index contributed by atoms with van der Waals surface area (Å²) in [4.78, 5) is 1.84. The van der Waals surface area contributed by atoms with Gasteiger partial charge in [0.1, 0.15) is 0 Å². The highest BCUT2D eigenvalue weighted by Gasteiger charge is 2.43. The highest BCUT2D eigenvalue weighted by atomic mass is 32.2. The Hall–Kier alpha value is -1.09. The predicted molar refractivity (Wildman–Crippen MR) is 80.4 cm³/mol. The van der Waals surface area contributed by atoms with E-state index in [0.717, 1.165) is 42.4 Å². The fraction of sp³-hybridized carbons (Fsp3) is 0.600. The third-order valence-electron chi connectivity index (χ3n) is 4.54. The highest BCUT2D eigenvalue weighted by Crippen LogP contribution is 2.29. The molecule has 1 N–H and O–H groups in total. The van der Waals surface area contributed by atoms with Gasteiger partial charge >= 0.3 is 0 Å². The number of hydrogen-bond donors (Lipinski definition) is 1. The summed E-state index contributed by atoms with van der Waals surface area (Å²) in [7, 11) is -3.93. The van der Waals surface area contributed by atoms with Crippen LogP contribution in [0.4, 0.5) is 8.78 Å². The van der Waals surface area contributed by atoms with Crippen LogP contribution < -0.4 is 0 Å². The van der Waals surface area contributed by atoms with E-state index in [4.69, 9.17) is 0 Å². The molecular formula is C15H20F2N2O3S. The average molecular weight is 346 g/mol. The molecule has 23 heavy (non-hydrogen) atoms. The van der Waals surface area contributed by atoms with Crippen LogP contribution in [0.5, 0.6) is 0 Å². The molecular weight excluding hydrogens is 326 g/mol. The van der Waals surface area contributed by atoms with E-state index in [1.54, 1.807) is 0 Å². The van der Waals surface area contributed by atoms with E-state index in [0.29, 0.717) is 19.0 Å². The normalized spacial score (nSPS) is 26.9. The largest absolute Gasteiger partial charge is 0.387 e. The lowest BCUT2D eigenvalue weighted by atomic mass is 10.0. The molecule has 1 aromatic carbocycles. The van der Waals surface area contributed by atoms with Gasteiger partial charge in [-0.15, -0.1) is 0 Å². The van der Waals surface area contributed by atoms with Crippen molar-refractivity contribution in [2.24, 2.45) is 0 Å². The van der Waals surface area contributed by atoms with E-state index in [-0.39, 0.29) is 18.0 Å². The molecule has 0 saturated carbocycles. The second-order valence-electron chi connectivity index (χ2n) is 6.37. The van der Waals surface area contributed by atoms with Crippen molar-refractivity contribution in [1.82, 2.24) is 9.21 Å². The second kappa shape index (κ2) is 6.08. The summed E-state index contributed by atoms with van der Waals surface area (Å²) in [6, 6.07) is 2.53. The van der Waals surface area contributed by atoms with Crippen molar-refractivity contribution < 1.29 is 22.3 Å². The van der Waals surface area contributed by atoms with Crippen LogP contribution in [0.3, 0.4) is 0 Å². The number of aliphatic hydroxyl groups is 1. The lowest BCUT2D eigenvalue weighted by Crippen LogP contribution is -2.45. The molecule has 0 aliphatic carbocycles. The first kappa shape index (κ1) is 16.8. The molecule has 2 heterocycles. The first-order chi connectivity index (χ1) is 10.8. The molecule has 3 rings (SSSR count). The van der Waals surface area contributed by atoms with Gasteiger partial charge in [0, 0.05) is 19.6 Å². The maximum atomic E-state index is 13.3. The Morgan fingerprint density at radius 1 is 1.13 bits per heavy atom. The fourth-order valence-electron chi connectivity index (χ4n) is 3.30. The number of β-amino-alcohol motifs (C(OH)–C–C–N with tert-alkyl or cyclic N) is 1. The van der Waals surface area contributed by atoms with Gasteiger partial charge in [0.05, 0.1) is 10.5 Å². The lowest BCUT2D eigenvalue weighted by molar-refractivity contribution is 0.0232. The van der Waals surface area contributed by atoms with Gasteiger partial charge in [-0.25, -0.2) is 17.2 Å². The fourth-order valence-corrected chi connectivity index (χ4v) is 4.83. The predicted octanol–water partition coefficient (Wildman–Crippen LogP) is 1.19. The molecule has 0 amide bonds. The molecule has 0 aromatic heterocycles. The molecule has 0 radical (unpaired) electrons. The summed E-state index contributed by atoms with van der Waals surface area (Å²) in [6.45, 7) is 2.42. The molecule has 1 unspecified atom stereocenters. The zero-order valence-electron chi connectivity index (χ0n) is 12.7. The van der Waals surface area contributed by atoms with Gasteiger partial charge in [-0.1, -0.05) is 0 Å². The van der Waals surface area contributed by atoms with Crippen LogP contribution >= 0.6 is 0 Å². The molecule has 2 aliphatic heterocycles. The minimum absolute atomic E-state index is 0.0230. The van der Waals surface area contributed by atoms with Crippen LogP contribution in [0.15, 0.2) is 23.1 Å². The summed E-state index contributed by atoms with van der Waals surface area (Å²) >= 11 is 0. The quantitative estimate of drug-likeness (QED) is 0.890. The monoisotopic (exact) mass is 346 g/mol. The van der Waals surface area contributed by atoms with Gasteiger partial charge in [0.15, 0.2) is 11.6 Å². The van der Waals surface area contributed by atoms with Gasteiger partial charge < -0.3 is 10.0 Å². The summed E-state index contributed by atoms with van der Waals surface area (Å²) in [6.07, 6.45) is 2.52. The zero-order chi connectivity index (χ0) is 16.7. The Kier molecular flexibility index (Phi) is 4.43. The Bertz CT molecular complexity index is 692. The standard InChI is InChI=1S/C15H20F2N2O3S/c16-13-4-3-12(9-14(13)17)23(21,22)19-8-5-15(20,11-19)10-18-6-1-2-7-18/h3-4,9,20H,1-2,5-8,10-11H2. The van der Waals surface area contributed by atoms with Gasteiger partial charge in [0.2, 0.25) is 10.0 Å². The SMILES string of the molecule is O=S(=O)(c1ccc(F)c(F)c1)N1CCC(O)(CN2CCCC2)C1. The molecule has 8 heteroatoms. The number of benzene rings is 1. The van der Waals surface area contributed by atoms with Crippen LogP contribution in [0.25, 0.3) is 0 Å². The topological polar surface area (TPSA) is 60.9 Å². The Morgan fingerprint density at radius 2 is 1.83 bits per heavy atom. The van der Waals surface area contributed by atoms with Crippen LogP contribution in [0.1, 0.15) is 19.3 Å². The minimum atomic E-state index is -3.93. The summed E-state index contributed by atoms with van der Waals surface area (Å²) in [5.74, 6) is -2.28. The molecule has 0 bridgehead atoms. The summed E-state index contributed by atoms with van der Waals surface area (Å²) < 4.78 is 52.5. The molecule has 5 nitrogen and oxygen atoms in total. The van der Waals surface area contributed by atoms with Crippen molar-refractivity contribution in [3.63, 3.8) is 0 Å². The van der Waals surface area contributed by atoms with Crippen LogP contribution in [0, 0.1) is 11.6 Å². The number of rotatable bonds is 4. The maximum absolute atomic E-state index is 13.3. The molecule has 0 spiro atoms. The number of hydrogen-bond acceptors (Lipinski definition) is 4. The van der Waals surface area contributed by atoms with Crippen LogP contribution in [-0.2, 0) is 10.0 Å². The number of sulfonamides is 1. The van der Waals surface area contributed by atoms with Crippen molar-refractivity contribution >= 4 is 10.0 Å². The molecule has 1 atom stereocenters. The third-order valence-corrected chi connectivity index (χ3v) is 6.38. The lowest BCUT2D eigenvalue weighted by Gasteiger charge is -2.28. The Balaban J connectivity index is 1.75. The molecule has 1 aromatic rings. The van der Waals surface area contributed by atoms with Crippen LogP contribution in [0.2, 0.25) is 0 Å². The van der Waals surface area contributed by atoms with Crippen molar-refractivity contribution in [1.29, 1.82) is 0 Å². The van der Waals surface area contributed by atoms with Gasteiger partial charge in [-0.3, -0.25) is 0 Å².